The van der Waals surface area contributed by atoms with Crippen molar-refractivity contribution in [1.82, 2.24) is 15.0 Å². The van der Waals surface area contributed by atoms with Gasteiger partial charge in [-0.15, -0.1) is 0 Å². The fourth-order valence-corrected chi connectivity index (χ4v) is 2.22. The lowest BCUT2D eigenvalue weighted by Gasteiger charge is -2.05. The Kier molecular flexibility index (Phi) is 4.05. The molecule has 0 saturated carbocycles. The highest BCUT2D eigenvalue weighted by Crippen LogP contribution is 2.20. The van der Waals surface area contributed by atoms with E-state index in [1.807, 2.05) is 62.6 Å². The number of pyridine rings is 3. The summed E-state index contributed by atoms with van der Waals surface area (Å²) >= 11 is 0. The van der Waals surface area contributed by atoms with E-state index >= 15 is 0 Å². The van der Waals surface area contributed by atoms with Gasteiger partial charge in [0, 0.05) is 35.5 Å². The third-order valence-electron chi connectivity index (χ3n) is 3.45. The van der Waals surface area contributed by atoms with Crippen LogP contribution in [0, 0.1) is 13.8 Å². The lowest BCUT2D eigenvalue weighted by atomic mass is 10.1. The third kappa shape index (κ3) is 3.26. The van der Waals surface area contributed by atoms with Crippen LogP contribution in [0.5, 0.6) is 0 Å². The van der Waals surface area contributed by atoms with Crippen LogP contribution >= 0.6 is 0 Å². The van der Waals surface area contributed by atoms with Crippen LogP contribution in [0.3, 0.4) is 0 Å². The molecule has 0 unspecified atom stereocenters. The summed E-state index contributed by atoms with van der Waals surface area (Å²) in [7, 11) is 0. The van der Waals surface area contributed by atoms with Crippen LogP contribution in [-0.2, 0) is 0 Å². The molecule has 0 radical (unpaired) electrons. The van der Waals surface area contributed by atoms with Gasteiger partial charge in [0.05, 0.1) is 5.69 Å². The highest BCUT2D eigenvalue weighted by atomic mass is 14.7. The molecule has 0 fully saturated rings. The van der Waals surface area contributed by atoms with Crippen LogP contribution < -0.4 is 0 Å². The lowest BCUT2D eigenvalue weighted by molar-refractivity contribution is 1.16. The topological polar surface area (TPSA) is 38.7 Å². The van der Waals surface area contributed by atoms with Gasteiger partial charge in [0.15, 0.2) is 0 Å². The van der Waals surface area contributed by atoms with E-state index in [4.69, 9.17) is 0 Å². The maximum Gasteiger partial charge on any atom is 0.0720 e. The first kappa shape index (κ1) is 14.1. The summed E-state index contributed by atoms with van der Waals surface area (Å²) in [5.41, 5.74) is 6.14. The monoisotopic (exact) mass is 287 g/mol. The maximum atomic E-state index is 4.56. The van der Waals surface area contributed by atoms with Crippen molar-refractivity contribution >= 4 is 12.2 Å². The molecule has 0 atom stereocenters. The SMILES string of the molecule is Cc1cccc(-c2cnc(C)c(/C=C/c3cccnc3)c2)n1. The van der Waals surface area contributed by atoms with Crippen molar-refractivity contribution in [3.63, 3.8) is 0 Å². The molecule has 3 nitrogen and oxygen atoms in total. The van der Waals surface area contributed by atoms with Crippen molar-refractivity contribution in [2.45, 2.75) is 13.8 Å². The molecule has 0 aliphatic carbocycles. The molecule has 108 valence electrons. The zero-order chi connectivity index (χ0) is 15.4. The van der Waals surface area contributed by atoms with Gasteiger partial charge >= 0.3 is 0 Å². The van der Waals surface area contributed by atoms with Crippen molar-refractivity contribution in [3.8, 4) is 11.3 Å². The smallest absolute Gasteiger partial charge is 0.0720 e. The molecule has 0 spiro atoms. The van der Waals surface area contributed by atoms with Crippen molar-refractivity contribution in [2.75, 3.05) is 0 Å². The van der Waals surface area contributed by atoms with E-state index in [0.717, 1.165) is 33.8 Å². The van der Waals surface area contributed by atoms with Gasteiger partial charge in [-0.25, -0.2) is 0 Å². The average Bonchev–Trinajstić information content (AvgIpc) is 2.55. The fourth-order valence-electron chi connectivity index (χ4n) is 2.22. The maximum absolute atomic E-state index is 4.56. The number of aryl methyl sites for hydroxylation is 2. The Hall–Kier alpha value is -2.81. The number of nitrogens with zero attached hydrogens (tertiary/aromatic N) is 3. The Morgan fingerprint density at radius 3 is 2.64 bits per heavy atom. The fraction of sp³-hybridized carbons (Fsp3) is 0.105. The standard InChI is InChI=1S/C19H17N3/c1-14-5-3-7-19(22-14)18-11-17(15(2)21-13-18)9-8-16-6-4-10-20-12-16/h3-13H,1-2H3/b9-8+. The predicted octanol–water partition coefficient (Wildman–Crippen LogP) is 4.33. The van der Waals surface area contributed by atoms with E-state index in [2.05, 4.69) is 27.1 Å². The Balaban J connectivity index is 1.95. The third-order valence-corrected chi connectivity index (χ3v) is 3.45. The Morgan fingerprint density at radius 2 is 1.86 bits per heavy atom. The van der Waals surface area contributed by atoms with Crippen molar-refractivity contribution in [2.24, 2.45) is 0 Å². The minimum atomic E-state index is 0.948. The lowest BCUT2D eigenvalue weighted by Crippen LogP contribution is -1.91. The summed E-state index contributed by atoms with van der Waals surface area (Å²) in [5.74, 6) is 0. The summed E-state index contributed by atoms with van der Waals surface area (Å²) < 4.78 is 0. The number of aromatic nitrogens is 3. The van der Waals surface area contributed by atoms with Crippen LogP contribution in [-0.4, -0.2) is 15.0 Å². The molecule has 0 amide bonds. The molecule has 22 heavy (non-hydrogen) atoms. The van der Waals surface area contributed by atoms with Gasteiger partial charge in [0.1, 0.15) is 0 Å². The van der Waals surface area contributed by atoms with Gasteiger partial charge in [-0.05, 0) is 49.2 Å². The second-order valence-electron chi connectivity index (χ2n) is 5.18. The summed E-state index contributed by atoms with van der Waals surface area (Å²) in [4.78, 5) is 13.2. The van der Waals surface area contributed by atoms with Crippen molar-refractivity contribution < 1.29 is 0 Å². The Bertz CT molecular complexity index is 808. The molecule has 0 aliphatic rings. The van der Waals surface area contributed by atoms with Crippen LogP contribution in [0.15, 0.2) is 55.0 Å². The zero-order valence-corrected chi connectivity index (χ0v) is 12.7. The molecule has 0 aliphatic heterocycles. The zero-order valence-electron chi connectivity index (χ0n) is 12.7. The van der Waals surface area contributed by atoms with Gasteiger partial charge in [-0.2, -0.15) is 0 Å². The van der Waals surface area contributed by atoms with E-state index in [-0.39, 0.29) is 0 Å². The van der Waals surface area contributed by atoms with Crippen molar-refractivity contribution in [1.29, 1.82) is 0 Å². The molecule has 3 aromatic rings. The molecule has 0 N–H and O–H groups in total. The molecular weight excluding hydrogens is 270 g/mol. The van der Waals surface area contributed by atoms with Crippen molar-refractivity contribution in [3.05, 3.63) is 77.5 Å². The van der Waals surface area contributed by atoms with E-state index < -0.39 is 0 Å². The molecule has 3 heteroatoms. The number of hydrogen-bond acceptors (Lipinski definition) is 3. The highest BCUT2D eigenvalue weighted by Gasteiger charge is 2.03. The first-order valence-corrected chi connectivity index (χ1v) is 7.21. The summed E-state index contributed by atoms with van der Waals surface area (Å²) in [6.07, 6.45) is 9.60. The molecule has 0 aromatic carbocycles. The first-order valence-electron chi connectivity index (χ1n) is 7.21. The second kappa shape index (κ2) is 6.31. The quantitative estimate of drug-likeness (QED) is 0.720. The van der Waals surface area contributed by atoms with E-state index in [1.54, 1.807) is 6.20 Å². The van der Waals surface area contributed by atoms with Gasteiger partial charge in [0.25, 0.3) is 0 Å². The molecule has 0 saturated heterocycles. The van der Waals surface area contributed by atoms with Crippen LogP contribution in [0.4, 0.5) is 0 Å². The van der Waals surface area contributed by atoms with Crippen LogP contribution in [0.2, 0.25) is 0 Å². The normalized spacial score (nSPS) is 11.0. The predicted molar refractivity (Wildman–Crippen MR) is 90.1 cm³/mol. The van der Waals surface area contributed by atoms with Crippen LogP contribution in [0.1, 0.15) is 22.5 Å². The minimum Gasteiger partial charge on any atom is -0.264 e. The summed E-state index contributed by atoms with van der Waals surface area (Å²) in [5, 5.41) is 0. The average molecular weight is 287 g/mol. The number of rotatable bonds is 3. The first-order chi connectivity index (χ1) is 10.7. The van der Waals surface area contributed by atoms with Gasteiger partial charge in [-0.3, -0.25) is 15.0 Å². The highest BCUT2D eigenvalue weighted by molar-refractivity contribution is 5.73. The minimum absolute atomic E-state index is 0.948. The second-order valence-corrected chi connectivity index (χ2v) is 5.18. The summed E-state index contributed by atoms with van der Waals surface area (Å²) in [6.45, 7) is 4.00. The van der Waals surface area contributed by atoms with Gasteiger partial charge < -0.3 is 0 Å². The van der Waals surface area contributed by atoms with Gasteiger partial charge in [0.2, 0.25) is 0 Å². The molecule has 0 bridgehead atoms. The van der Waals surface area contributed by atoms with Crippen LogP contribution in [0.25, 0.3) is 23.4 Å². The van der Waals surface area contributed by atoms with Gasteiger partial charge in [-0.1, -0.05) is 24.3 Å². The Morgan fingerprint density at radius 1 is 0.955 bits per heavy atom. The Labute approximate surface area is 130 Å². The molecular formula is C19H17N3. The molecule has 3 heterocycles. The number of hydrogen-bond donors (Lipinski definition) is 0. The van der Waals surface area contributed by atoms with E-state index in [0.29, 0.717) is 0 Å². The molecule has 3 aromatic heterocycles. The molecule has 3 rings (SSSR count). The van der Waals surface area contributed by atoms with E-state index in [9.17, 15) is 0 Å². The van der Waals surface area contributed by atoms with E-state index in [1.165, 1.54) is 0 Å². The summed E-state index contributed by atoms with van der Waals surface area (Å²) in [6, 6.07) is 12.1. The largest absolute Gasteiger partial charge is 0.264 e.